The number of hydrogen-bond donors (Lipinski definition) is 1. The second-order valence-corrected chi connectivity index (χ2v) is 3.18. The van der Waals surface area contributed by atoms with Crippen molar-refractivity contribution in [1.29, 1.82) is 0 Å². The molecule has 0 fully saturated rings. The van der Waals surface area contributed by atoms with Crippen LogP contribution in [0.1, 0.15) is 39.5 Å². The quantitative estimate of drug-likeness (QED) is 0.290. The van der Waals surface area contributed by atoms with Crippen molar-refractivity contribution in [3.8, 4) is 0 Å². The van der Waals surface area contributed by atoms with E-state index in [1.807, 2.05) is 0 Å². The first kappa shape index (κ1) is 11.0. The average molecular weight is 175 g/mol. The Hall–Kier alpha value is -0.0200. The zero-order chi connectivity index (χ0) is 8.53. The zero-order valence-electron chi connectivity index (χ0n) is 7.29. The van der Waals surface area contributed by atoms with Crippen LogP contribution in [0.2, 0.25) is 0 Å². The van der Waals surface area contributed by atoms with E-state index in [0.717, 1.165) is 0 Å². The third-order valence-electron chi connectivity index (χ3n) is 1.63. The van der Waals surface area contributed by atoms with Gasteiger partial charge in [0.15, 0.2) is 0 Å². The highest BCUT2D eigenvalue weighted by molar-refractivity contribution is 7.92. The number of unbranched alkanes of at least 4 members (excludes halogenated alkanes) is 2. The average Bonchev–Trinajstić information content (AvgIpc) is 2.01. The molecule has 3 heteroatoms. The van der Waals surface area contributed by atoms with Gasteiger partial charge in [-0.2, -0.15) is 0 Å². The molecule has 0 aromatic carbocycles. The van der Waals surface area contributed by atoms with E-state index in [0.29, 0.717) is 18.1 Å². The van der Waals surface area contributed by atoms with Crippen molar-refractivity contribution in [2.75, 3.05) is 0 Å². The normalized spacial score (nSPS) is 14.1. The summed E-state index contributed by atoms with van der Waals surface area (Å²) >= 11 is 0.539. The number of hydrogen-bond acceptors (Lipinski definition) is 3. The first-order valence-electron chi connectivity index (χ1n) is 4.15. The topological polar surface area (TPSA) is 32.6 Å². The van der Waals surface area contributed by atoms with Gasteiger partial charge in [0.05, 0.1) is 0 Å². The molecule has 0 amide bonds. The molecule has 0 aliphatic rings. The van der Waals surface area contributed by atoms with Gasteiger partial charge in [0.2, 0.25) is 0 Å². The third kappa shape index (κ3) is 7.88. The van der Waals surface area contributed by atoms with E-state index < -0.39 is 0 Å². The van der Waals surface area contributed by atoms with Crippen LogP contribution in [0.4, 0.5) is 0 Å². The largest absolute Gasteiger partial charge is 0.311 e. The zero-order valence-corrected chi connectivity index (χ0v) is 8.10. The first-order valence-corrected chi connectivity index (χ1v) is 4.88. The van der Waals surface area contributed by atoms with Crippen LogP contribution in [0.5, 0.6) is 0 Å². The van der Waals surface area contributed by atoms with E-state index in [1.165, 1.54) is 25.7 Å². The molecule has 1 unspecified atom stereocenters. The fraction of sp³-hybridized carbons (Fsp3) is 0.875. The molecule has 0 radical (unpaired) electrons. The van der Waals surface area contributed by atoms with Crippen molar-refractivity contribution in [3.05, 3.63) is 0 Å². The SMILES string of the molecule is CCCCCC(C)C=NSO. The van der Waals surface area contributed by atoms with Crippen LogP contribution in [-0.2, 0) is 0 Å². The smallest absolute Gasteiger partial charge is 0.133 e. The molecule has 11 heavy (non-hydrogen) atoms. The van der Waals surface area contributed by atoms with Gasteiger partial charge in [-0.1, -0.05) is 33.1 Å². The molecule has 0 aliphatic heterocycles. The van der Waals surface area contributed by atoms with Gasteiger partial charge in [-0.15, -0.1) is 0 Å². The van der Waals surface area contributed by atoms with Crippen LogP contribution >= 0.6 is 12.2 Å². The first-order chi connectivity index (χ1) is 5.31. The monoisotopic (exact) mass is 175 g/mol. The van der Waals surface area contributed by atoms with Crippen molar-refractivity contribution < 1.29 is 4.55 Å². The Morgan fingerprint density at radius 2 is 2.27 bits per heavy atom. The Morgan fingerprint density at radius 3 is 2.82 bits per heavy atom. The molecule has 0 bridgehead atoms. The highest BCUT2D eigenvalue weighted by Gasteiger charge is 1.96. The van der Waals surface area contributed by atoms with Crippen LogP contribution in [0.25, 0.3) is 0 Å². The minimum absolute atomic E-state index is 0.501. The summed E-state index contributed by atoms with van der Waals surface area (Å²) in [6, 6.07) is 0. The molecular formula is C8H17NOS. The fourth-order valence-electron chi connectivity index (χ4n) is 0.922. The predicted octanol–water partition coefficient (Wildman–Crippen LogP) is 3.39. The van der Waals surface area contributed by atoms with Crippen molar-refractivity contribution in [1.82, 2.24) is 0 Å². The van der Waals surface area contributed by atoms with Crippen LogP contribution in [0, 0.1) is 5.92 Å². The lowest BCUT2D eigenvalue weighted by atomic mass is 10.1. The number of nitrogens with zero attached hydrogens (tertiary/aromatic N) is 1. The van der Waals surface area contributed by atoms with E-state index in [1.54, 1.807) is 6.21 Å². The molecule has 1 N–H and O–H groups in total. The summed E-state index contributed by atoms with van der Waals surface area (Å²) in [7, 11) is 0. The lowest BCUT2D eigenvalue weighted by Crippen LogP contribution is -1.94. The summed E-state index contributed by atoms with van der Waals surface area (Å²) in [5.74, 6) is 0.501. The van der Waals surface area contributed by atoms with E-state index in [2.05, 4.69) is 18.2 Å². The van der Waals surface area contributed by atoms with Crippen LogP contribution < -0.4 is 0 Å². The lowest BCUT2D eigenvalue weighted by molar-refractivity contribution is 0.604. The molecule has 0 aromatic heterocycles. The molecule has 0 rings (SSSR count). The minimum Gasteiger partial charge on any atom is -0.311 e. The predicted molar refractivity (Wildman–Crippen MR) is 52.0 cm³/mol. The third-order valence-corrected chi connectivity index (χ3v) is 1.84. The Kier molecular flexibility index (Phi) is 8.07. The fourth-order valence-corrected chi connectivity index (χ4v) is 1.18. The molecule has 0 aliphatic carbocycles. The van der Waals surface area contributed by atoms with Crippen molar-refractivity contribution >= 4 is 18.4 Å². The van der Waals surface area contributed by atoms with Gasteiger partial charge in [-0.05, 0) is 12.3 Å². The van der Waals surface area contributed by atoms with E-state index >= 15 is 0 Å². The summed E-state index contributed by atoms with van der Waals surface area (Å²) in [4.78, 5) is 0. The molecule has 2 nitrogen and oxygen atoms in total. The molecule has 66 valence electrons. The Bertz CT molecular complexity index is 106. The lowest BCUT2D eigenvalue weighted by Gasteiger charge is -2.02. The maximum absolute atomic E-state index is 8.31. The summed E-state index contributed by atoms with van der Waals surface area (Å²) in [6.07, 6.45) is 6.81. The maximum atomic E-state index is 8.31. The Morgan fingerprint density at radius 1 is 1.55 bits per heavy atom. The molecule has 0 spiro atoms. The molecular weight excluding hydrogens is 158 g/mol. The van der Waals surface area contributed by atoms with Gasteiger partial charge in [0.1, 0.15) is 12.2 Å². The van der Waals surface area contributed by atoms with Crippen LogP contribution in [-0.4, -0.2) is 10.8 Å². The molecule has 0 saturated carbocycles. The highest BCUT2D eigenvalue weighted by atomic mass is 32.2. The van der Waals surface area contributed by atoms with E-state index in [9.17, 15) is 0 Å². The highest BCUT2D eigenvalue weighted by Crippen LogP contribution is 2.07. The second-order valence-electron chi connectivity index (χ2n) is 2.81. The van der Waals surface area contributed by atoms with E-state index in [4.69, 9.17) is 4.55 Å². The Balaban J connectivity index is 3.21. The van der Waals surface area contributed by atoms with Crippen LogP contribution in [0.3, 0.4) is 0 Å². The summed E-state index contributed by atoms with van der Waals surface area (Å²) in [6.45, 7) is 4.32. The second kappa shape index (κ2) is 8.08. The minimum atomic E-state index is 0.501. The number of rotatable bonds is 6. The van der Waals surface area contributed by atoms with Gasteiger partial charge in [0.25, 0.3) is 0 Å². The van der Waals surface area contributed by atoms with E-state index in [-0.39, 0.29) is 0 Å². The van der Waals surface area contributed by atoms with Gasteiger partial charge in [-0.3, -0.25) is 0 Å². The summed E-state index contributed by atoms with van der Waals surface area (Å²) < 4.78 is 12.0. The van der Waals surface area contributed by atoms with Crippen molar-refractivity contribution in [2.45, 2.75) is 39.5 Å². The summed E-state index contributed by atoms with van der Waals surface area (Å²) in [5.41, 5.74) is 0. The van der Waals surface area contributed by atoms with Crippen molar-refractivity contribution in [2.24, 2.45) is 10.3 Å². The Labute approximate surface area is 73.5 Å². The molecule has 0 aromatic rings. The van der Waals surface area contributed by atoms with Gasteiger partial charge >= 0.3 is 0 Å². The van der Waals surface area contributed by atoms with Crippen molar-refractivity contribution in [3.63, 3.8) is 0 Å². The molecule has 0 saturated heterocycles. The molecule has 1 atom stereocenters. The van der Waals surface area contributed by atoms with Crippen LogP contribution in [0.15, 0.2) is 4.40 Å². The van der Waals surface area contributed by atoms with Gasteiger partial charge in [-0.25, -0.2) is 4.40 Å². The van der Waals surface area contributed by atoms with Gasteiger partial charge in [0, 0.05) is 6.21 Å². The molecule has 0 heterocycles. The maximum Gasteiger partial charge on any atom is 0.133 e. The van der Waals surface area contributed by atoms with Gasteiger partial charge < -0.3 is 4.55 Å². The summed E-state index contributed by atoms with van der Waals surface area (Å²) in [5, 5.41) is 0. The standard InChI is InChI=1S/C8H17NOS/c1-3-4-5-6-8(2)7-9-11-10/h7-8,10H,3-6H2,1-2H3.